The zero-order valence-electron chi connectivity index (χ0n) is 15.8. The Balaban J connectivity index is 2.89. The van der Waals surface area contributed by atoms with Crippen molar-refractivity contribution in [2.24, 2.45) is 0 Å². The number of amides is 1. The van der Waals surface area contributed by atoms with E-state index in [0.717, 1.165) is 16.5 Å². The van der Waals surface area contributed by atoms with Gasteiger partial charge < -0.3 is 14.8 Å². The number of alkyl halides is 1. The van der Waals surface area contributed by atoms with Gasteiger partial charge in [-0.1, -0.05) is 40.2 Å². The summed E-state index contributed by atoms with van der Waals surface area (Å²) in [6, 6.07) is 7.01. The molecule has 1 aromatic rings. The summed E-state index contributed by atoms with van der Waals surface area (Å²) >= 11 is 3.40. The molecular formula is C19H28BrNO4. The van der Waals surface area contributed by atoms with Gasteiger partial charge in [-0.3, -0.25) is 0 Å². The lowest BCUT2D eigenvalue weighted by atomic mass is 10.0. The largest absolute Gasteiger partial charge is 0.458 e. The van der Waals surface area contributed by atoms with E-state index >= 15 is 0 Å². The lowest BCUT2D eigenvalue weighted by Gasteiger charge is -2.26. The molecule has 0 aliphatic carbocycles. The second-order valence-electron chi connectivity index (χ2n) is 7.89. The zero-order chi connectivity index (χ0) is 19.3. The number of carbonyl (C=O) groups is 2. The second-order valence-corrected chi connectivity index (χ2v) is 8.45. The fourth-order valence-electron chi connectivity index (χ4n) is 2.02. The number of esters is 1. The Kier molecular flexibility index (Phi) is 7.47. The predicted octanol–water partition coefficient (Wildman–Crippen LogP) is 4.36. The molecule has 0 heterocycles. The van der Waals surface area contributed by atoms with E-state index in [4.69, 9.17) is 9.47 Å². The van der Waals surface area contributed by atoms with E-state index < -0.39 is 29.3 Å². The quantitative estimate of drug-likeness (QED) is 0.575. The van der Waals surface area contributed by atoms with Crippen molar-refractivity contribution >= 4 is 28.0 Å². The Bertz CT molecular complexity index is 585. The zero-order valence-corrected chi connectivity index (χ0v) is 17.4. The molecule has 1 atom stereocenters. The van der Waals surface area contributed by atoms with Gasteiger partial charge in [-0.25, -0.2) is 9.59 Å². The number of nitrogens with one attached hydrogen (secondary N) is 1. The second kappa shape index (κ2) is 8.70. The monoisotopic (exact) mass is 413 g/mol. The van der Waals surface area contributed by atoms with Crippen LogP contribution in [0, 0.1) is 0 Å². The van der Waals surface area contributed by atoms with E-state index in [2.05, 4.69) is 21.2 Å². The highest BCUT2D eigenvalue weighted by Gasteiger charge is 2.28. The Morgan fingerprint density at radius 2 is 1.44 bits per heavy atom. The maximum atomic E-state index is 12.5. The molecule has 1 rings (SSSR count). The van der Waals surface area contributed by atoms with Gasteiger partial charge in [-0.05, 0) is 52.7 Å². The van der Waals surface area contributed by atoms with Crippen LogP contribution >= 0.6 is 15.9 Å². The Hall–Kier alpha value is -1.56. The van der Waals surface area contributed by atoms with E-state index in [-0.39, 0.29) is 0 Å². The van der Waals surface area contributed by atoms with Gasteiger partial charge in [-0.15, -0.1) is 0 Å². The van der Waals surface area contributed by atoms with Gasteiger partial charge in [0.2, 0.25) is 0 Å². The van der Waals surface area contributed by atoms with Crippen molar-refractivity contribution in [2.75, 3.05) is 0 Å². The first-order chi connectivity index (χ1) is 11.4. The van der Waals surface area contributed by atoms with Gasteiger partial charge in [-0.2, -0.15) is 0 Å². The minimum Gasteiger partial charge on any atom is -0.458 e. The van der Waals surface area contributed by atoms with E-state index in [0.29, 0.717) is 6.42 Å². The van der Waals surface area contributed by atoms with Crippen molar-refractivity contribution in [2.45, 2.75) is 70.5 Å². The summed E-state index contributed by atoms with van der Waals surface area (Å²) in [7, 11) is 0. The first kappa shape index (κ1) is 21.5. The van der Waals surface area contributed by atoms with Crippen molar-refractivity contribution in [3.05, 3.63) is 35.4 Å². The number of halogens is 1. The molecule has 0 saturated heterocycles. The van der Waals surface area contributed by atoms with Gasteiger partial charge in [0.05, 0.1) is 0 Å². The molecule has 6 heteroatoms. The molecule has 0 saturated carbocycles. The number of benzene rings is 1. The molecule has 0 spiro atoms. The summed E-state index contributed by atoms with van der Waals surface area (Å²) in [6.45, 7) is 10.7. The van der Waals surface area contributed by atoms with Crippen LogP contribution in [0.1, 0.15) is 52.7 Å². The number of alkyl carbamates (subject to hydrolysis) is 1. The minimum atomic E-state index is -0.816. The van der Waals surface area contributed by atoms with E-state index in [9.17, 15) is 9.59 Å². The average Bonchev–Trinajstić information content (AvgIpc) is 2.43. The summed E-state index contributed by atoms with van der Waals surface area (Å²) < 4.78 is 10.7. The van der Waals surface area contributed by atoms with Crippen LogP contribution in [0.2, 0.25) is 0 Å². The van der Waals surface area contributed by atoms with E-state index in [1.54, 1.807) is 41.5 Å². The van der Waals surface area contributed by atoms with E-state index in [1.807, 2.05) is 24.3 Å². The molecule has 0 aliphatic heterocycles. The highest BCUT2D eigenvalue weighted by atomic mass is 79.9. The molecule has 1 aromatic carbocycles. The van der Waals surface area contributed by atoms with Gasteiger partial charge >= 0.3 is 12.1 Å². The molecule has 0 radical (unpaired) electrons. The van der Waals surface area contributed by atoms with Gasteiger partial charge in [0.1, 0.15) is 17.2 Å². The fourth-order valence-corrected chi connectivity index (χ4v) is 2.39. The molecule has 5 nitrogen and oxygen atoms in total. The molecule has 1 N–H and O–H groups in total. The van der Waals surface area contributed by atoms with Crippen molar-refractivity contribution in [3.63, 3.8) is 0 Å². The third kappa shape index (κ3) is 8.91. The molecule has 1 amide bonds. The topological polar surface area (TPSA) is 64.6 Å². The molecule has 1 unspecified atom stereocenters. The van der Waals surface area contributed by atoms with Crippen LogP contribution in [0.25, 0.3) is 0 Å². The lowest BCUT2D eigenvalue weighted by molar-refractivity contribution is -0.157. The van der Waals surface area contributed by atoms with Crippen molar-refractivity contribution < 1.29 is 19.1 Å². The van der Waals surface area contributed by atoms with Crippen molar-refractivity contribution in [1.29, 1.82) is 0 Å². The summed E-state index contributed by atoms with van der Waals surface area (Å²) in [5.41, 5.74) is 0.791. The molecule has 25 heavy (non-hydrogen) atoms. The van der Waals surface area contributed by atoms with Gasteiger partial charge in [0, 0.05) is 11.8 Å². The van der Waals surface area contributed by atoms with Crippen LogP contribution in [-0.4, -0.2) is 29.3 Å². The standard InChI is InChI=1S/C19H28BrNO4/c1-18(2,3)24-16(22)15(21-17(23)25-19(4,5)6)11-13-7-9-14(12-20)10-8-13/h7-10,15H,11-12H2,1-6H3,(H,21,23). The summed E-state index contributed by atoms with van der Waals surface area (Å²) in [4.78, 5) is 24.6. The van der Waals surface area contributed by atoms with Crippen molar-refractivity contribution in [3.8, 4) is 0 Å². The predicted molar refractivity (Wildman–Crippen MR) is 102 cm³/mol. The summed E-state index contributed by atoms with van der Waals surface area (Å²) in [5, 5.41) is 3.39. The number of ether oxygens (including phenoxy) is 2. The summed E-state index contributed by atoms with van der Waals surface area (Å²) in [5.74, 6) is -0.483. The fraction of sp³-hybridized carbons (Fsp3) is 0.579. The van der Waals surface area contributed by atoms with Crippen LogP contribution in [-0.2, 0) is 26.0 Å². The van der Waals surface area contributed by atoms with Crippen LogP contribution in [0.3, 0.4) is 0 Å². The Morgan fingerprint density at radius 3 is 1.88 bits per heavy atom. The normalized spacial score (nSPS) is 13.1. The molecule has 0 aromatic heterocycles. The van der Waals surface area contributed by atoms with Gasteiger partial charge in [0.15, 0.2) is 0 Å². The Morgan fingerprint density at radius 1 is 0.960 bits per heavy atom. The number of rotatable bonds is 5. The summed E-state index contributed by atoms with van der Waals surface area (Å²) in [6.07, 6.45) is -0.308. The van der Waals surface area contributed by atoms with Crippen LogP contribution in [0.15, 0.2) is 24.3 Å². The third-order valence-electron chi connectivity index (χ3n) is 3.00. The molecular weight excluding hydrogens is 386 g/mol. The highest BCUT2D eigenvalue weighted by Crippen LogP contribution is 2.14. The molecule has 140 valence electrons. The van der Waals surface area contributed by atoms with Crippen molar-refractivity contribution in [1.82, 2.24) is 5.32 Å². The number of hydrogen-bond acceptors (Lipinski definition) is 4. The first-order valence-electron chi connectivity index (χ1n) is 8.26. The molecule has 0 fully saturated rings. The number of hydrogen-bond donors (Lipinski definition) is 1. The lowest BCUT2D eigenvalue weighted by Crippen LogP contribution is -2.47. The molecule has 0 bridgehead atoms. The average molecular weight is 414 g/mol. The van der Waals surface area contributed by atoms with Gasteiger partial charge in [0.25, 0.3) is 0 Å². The smallest absolute Gasteiger partial charge is 0.408 e. The van der Waals surface area contributed by atoms with Crippen LogP contribution in [0.4, 0.5) is 4.79 Å². The van der Waals surface area contributed by atoms with Crippen LogP contribution < -0.4 is 5.32 Å². The third-order valence-corrected chi connectivity index (χ3v) is 3.65. The Labute approximate surface area is 158 Å². The van der Waals surface area contributed by atoms with E-state index in [1.165, 1.54) is 0 Å². The minimum absolute atomic E-state index is 0.330. The maximum absolute atomic E-state index is 12.5. The van der Waals surface area contributed by atoms with Crippen LogP contribution in [0.5, 0.6) is 0 Å². The molecule has 0 aliphatic rings. The number of carbonyl (C=O) groups excluding carboxylic acids is 2. The first-order valence-corrected chi connectivity index (χ1v) is 9.38. The highest BCUT2D eigenvalue weighted by molar-refractivity contribution is 9.08. The maximum Gasteiger partial charge on any atom is 0.408 e. The SMILES string of the molecule is CC(C)(C)OC(=O)NC(Cc1ccc(CBr)cc1)C(=O)OC(C)(C)C.